The Morgan fingerprint density at radius 2 is 2.27 bits per heavy atom. The molecule has 0 bridgehead atoms. The molecule has 0 aromatic carbocycles. The van der Waals surface area contributed by atoms with Crippen molar-refractivity contribution >= 4 is 0 Å². The molecule has 0 aromatic heterocycles. The van der Waals surface area contributed by atoms with Crippen molar-refractivity contribution in [3.05, 3.63) is 0 Å². The summed E-state index contributed by atoms with van der Waals surface area (Å²) in [6.07, 6.45) is 3.90. The van der Waals surface area contributed by atoms with Gasteiger partial charge in [-0.05, 0) is 19.8 Å². The van der Waals surface area contributed by atoms with Crippen molar-refractivity contribution in [3.63, 3.8) is 0 Å². The van der Waals surface area contributed by atoms with E-state index in [0.717, 1.165) is 19.3 Å². The van der Waals surface area contributed by atoms with Gasteiger partial charge in [-0.1, -0.05) is 12.8 Å². The molecule has 0 aliphatic heterocycles. The van der Waals surface area contributed by atoms with Crippen LogP contribution in [0, 0.1) is 0 Å². The van der Waals surface area contributed by atoms with Crippen LogP contribution in [0.2, 0.25) is 0 Å². The van der Waals surface area contributed by atoms with Crippen molar-refractivity contribution in [2.24, 2.45) is 0 Å². The number of hydrogen-bond acceptors (Lipinski definition) is 3. The molecule has 11 heavy (non-hydrogen) atoms. The van der Waals surface area contributed by atoms with Gasteiger partial charge in [0, 0.05) is 0 Å². The standard InChI is InChI=1S/C8H17NO2/c1-8(9-11-2)6-4-3-5-7(8)10/h7,9-10H,3-6H2,1-2H3/t7-,8+/m0/s1. The van der Waals surface area contributed by atoms with Gasteiger partial charge in [-0.2, -0.15) is 5.48 Å². The summed E-state index contributed by atoms with van der Waals surface area (Å²) >= 11 is 0. The van der Waals surface area contributed by atoms with Gasteiger partial charge in [-0.3, -0.25) is 0 Å². The number of hydrogen-bond donors (Lipinski definition) is 2. The van der Waals surface area contributed by atoms with E-state index in [2.05, 4.69) is 5.48 Å². The topological polar surface area (TPSA) is 41.5 Å². The van der Waals surface area contributed by atoms with E-state index in [1.807, 2.05) is 6.92 Å². The van der Waals surface area contributed by atoms with Crippen LogP contribution in [-0.2, 0) is 4.84 Å². The molecule has 3 nitrogen and oxygen atoms in total. The van der Waals surface area contributed by atoms with Crippen molar-refractivity contribution in [2.45, 2.75) is 44.2 Å². The molecule has 1 fully saturated rings. The number of aliphatic hydroxyl groups is 1. The summed E-state index contributed by atoms with van der Waals surface area (Å²) < 4.78 is 0. The van der Waals surface area contributed by atoms with E-state index in [1.54, 1.807) is 7.11 Å². The second-order valence-electron chi connectivity index (χ2n) is 3.49. The van der Waals surface area contributed by atoms with Crippen LogP contribution in [0.4, 0.5) is 0 Å². The van der Waals surface area contributed by atoms with Gasteiger partial charge in [0.15, 0.2) is 0 Å². The Morgan fingerprint density at radius 1 is 1.55 bits per heavy atom. The lowest BCUT2D eigenvalue weighted by Gasteiger charge is -2.38. The van der Waals surface area contributed by atoms with Crippen LogP contribution in [0.5, 0.6) is 0 Å². The summed E-state index contributed by atoms with van der Waals surface area (Å²) in [5.41, 5.74) is 2.63. The van der Waals surface area contributed by atoms with Crippen molar-refractivity contribution in [1.29, 1.82) is 0 Å². The van der Waals surface area contributed by atoms with Crippen molar-refractivity contribution < 1.29 is 9.94 Å². The first-order valence-corrected chi connectivity index (χ1v) is 4.17. The Labute approximate surface area is 67.7 Å². The van der Waals surface area contributed by atoms with E-state index in [0.29, 0.717) is 0 Å². The molecule has 1 rings (SSSR count). The Hall–Kier alpha value is -0.120. The van der Waals surface area contributed by atoms with Gasteiger partial charge in [0.25, 0.3) is 0 Å². The molecule has 3 heteroatoms. The lowest BCUT2D eigenvalue weighted by Crippen LogP contribution is -2.53. The average molecular weight is 159 g/mol. The number of aliphatic hydroxyl groups excluding tert-OH is 1. The molecule has 0 spiro atoms. The highest BCUT2D eigenvalue weighted by Crippen LogP contribution is 2.27. The quantitative estimate of drug-likeness (QED) is 0.586. The molecular weight excluding hydrogens is 142 g/mol. The summed E-state index contributed by atoms with van der Waals surface area (Å²) in [4.78, 5) is 4.84. The first-order valence-electron chi connectivity index (χ1n) is 4.17. The molecular formula is C8H17NO2. The minimum Gasteiger partial charge on any atom is -0.391 e. The van der Waals surface area contributed by atoms with Gasteiger partial charge in [-0.25, -0.2) is 0 Å². The summed E-state index contributed by atoms with van der Waals surface area (Å²) in [5.74, 6) is 0. The third-order valence-corrected chi connectivity index (χ3v) is 2.49. The highest BCUT2D eigenvalue weighted by molar-refractivity contribution is 4.91. The zero-order valence-electron chi connectivity index (χ0n) is 7.26. The average Bonchev–Trinajstić information content (AvgIpc) is 1.96. The molecule has 2 N–H and O–H groups in total. The van der Waals surface area contributed by atoms with Crippen LogP contribution < -0.4 is 5.48 Å². The Morgan fingerprint density at radius 3 is 2.82 bits per heavy atom. The maximum absolute atomic E-state index is 9.62. The minimum atomic E-state index is -0.267. The fourth-order valence-electron chi connectivity index (χ4n) is 1.67. The molecule has 0 radical (unpaired) electrons. The van der Waals surface area contributed by atoms with Gasteiger partial charge in [0.05, 0.1) is 18.8 Å². The fourth-order valence-corrected chi connectivity index (χ4v) is 1.67. The maximum atomic E-state index is 9.62. The fraction of sp³-hybridized carbons (Fsp3) is 1.00. The van der Waals surface area contributed by atoms with Crippen LogP contribution in [0.25, 0.3) is 0 Å². The van der Waals surface area contributed by atoms with E-state index in [1.165, 1.54) is 6.42 Å². The largest absolute Gasteiger partial charge is 0.391 e. The van der Waals surface area contributed by atoms with Gasteiger partial charge in [0.1, 0.15) is 0 Å². The van der Waals surface area contributed by atoms with E-state index >= 15 is 0 Å². The second kappa shape index (κ2) is 3.52. The lowest BCUT2D eigenvalue weighted by atomic mass is 9.81. The van der Waals surface area contributed by atoms with Gasteiger partial charge >= 0.3 is 0 Å². The highest BCUT2D eigenvalue weighted by atomic mass is 16.6. The minimum absolute atomic E-state index is 0.229. The molecule has 66 valence electrons. The van der Waals surface area contributed by atoms with E-state index in [-0.39, 0.29) is 11.6 Å². The van der Waals surface area contributed by atoms with Crippen molar-refractivity contribution in [2.75, 3.05) is 7.11 Å². The molecule has 0 amide bonds. The van der Waals surface area contributed by atoms with Crippen LogP contribution in [-0.4, -0.2) is 23.9 Å². The zero-order chi connectivity index (χ0) is 8.32. The molecule has 2 atom stereocenters. The number of hydroxylamine groups is 1. The van der Waals surface area contributed by atoms with Crippen LogP contribution in [0.3, 0.4) is 0 Å². The zero-order valence-corrected chi connectivity index (χ0v) is 7.26. The SMILES string of the molecule is CON[C@]1(C)CCCC[C@@H]1O. The molecule has 0 saturated heterocycles. The Bertz CT molecular complexity index is 125. The van der Waals surface area contributed by atoms with Crippen molar-refractivity contribution in [3.8, 4) is 0 Å². The smallest absolute Gasteiger partial charge is 0.0741 e. The first-order chi connectivity index (χ1) is 5.19. The molecule has 1 saturated carbocycles. The first kappa shape index (κ1) is 8.97. The Kier molecular flexibility index (Phi) is 2.87. The van der Waals surface area contributed by atoms with Crippen LogP contribution >= 0.6 is 0 Å². The second-order valence-corrected chi connectivity index (χ2v) is 3.49. The normalized spacial score (nSPS) is 39.0. The van der Waals surface area contributed by atoms with Crippen LogP contribution in [0.15, 0.2) is 0 Å². The maximum Gasteiger partial charge on any atom is 0.0741 e. The van der Waals surface area contributed by atoms with Crippen molar-refractivity contribution in [1.82, 2.24) is 5.48 Å². The van der Waals surface area contributed by atoms with Gasteiger partial charge < -0.3 is 9.94 Å². The summed E-state index contributed by atoms with van der Waals surface area (Å²) in [7, 11) is 1.59. The van der Waals surface area contributed by atoms with E-state index in [4.69, 9.17) is 4.84 Å². The van der Waals surface area contributed by atoms with E-state index in [9.17, 15) is 5.11 Å². The number of nitrogens with one attached hydrogen (secondary N) is 1. The highest BCUT2D eigenvalue weighted by Gasteiger charge is 2.35. The third-order valence-electron chi connectivity index (χ3n) is 2.49. The molecule has 1 aliphatic carbocycles. The predicted octanol–water partition coefficient (Wildman–Crippen LogP) is 0.831. The number of rotatable bonds is 2. The Balaban J connectivity index is 2.49. The van der Waals surface area contributed by atoms with Crippen LogP contribution in [0.1, 0.15) is 32.6 Å². The molecule has 0 unspecified atom stereocenters. The third kappa shape index (κ3) is 1.92. The summed E-state index contributed by atoms with van der Waals surface area (Å²) in [6, 6.07) is 0. The van der Waals surface area contributed by atoms with Gasteiger partial charge in [-0.15, -0.1) is 0 Å². The molecule has 0 heterocycles. The lowest BCUT2D eigenvalue weighted by molar-refractivity contribution is -0.0637. The molecule has 1 aliphatic rings. The summed E-state index contributed by atoms with van der Waals surface area (Å²) in [6.45, 7) is 2.00. The van der Waals surface area contributed by atoms with Gasteiger partial charge in [0.2, 0.25) is 0 Å². The monoisotopic (exact) mass is 159 g/mol. The molecule has 0 aromatic rings. The predicted molar refractivity (Wildman–Crippen MR) is 43.0 cm³/mol. The van der Waals surface area contributed by atoms with E-state index < -0.39 is 0 Å². The summed E-state index contributed by atoms with van der Waals surface area (Å²) in [5, 5.41) is 9.62.